The van der Waals surface area contributed by atoms with Gasteiger partial charge in [-0.25, -0.2) is 0 Å². The Labute approximate surface area is 121 Å². The summed E-state index contributed by atoms with van der Waals surface area (Å²) in [5.41, 5.74) is 0.944. The average Bonchev–Trinajstić information content (AvgIpc) is 2.87. The van der Waals surface area contributed by atoms with Crippen LogP contribution in [0.1, 0.15) is 45.1 Å². The molecule has 0 atom stereocenters. The van der Waals surface area contributed by atoms with Crippen molar-refractivity contribution in [1.29, 1.82) is 0 Å². The number of nitrogens with zero attached hydrogens (tertiary/aromatic N) is 1. The van der Waals surface area contributed by atoms with Crippen LogP contribution in [0.4, 0.5) is 0 Å². The zero-order valence-electron chi connectivity index (χ0n) is 11.9. The summed E-state index contributed by atoms with van der Waals surface area (Å²) in [6, 6.07) is 6.30. The number of phenolic OH excluding ortho intramolecular Hbond substituents is 1. The fourth-order valence-corrected chi connectivity index (χ4v) is 3.18. The molecule has 0 spiro atoms. The molecular formula is C16H24ClNO. The molecule has 0 aliphatic heterocycles. The first-order chi connectivity index (χ1) is 9.08. The number of aromatic hydroxyl groups is 1. The average molecular weight is 282 g/mol. The normalized spacial score (nSPS) is 16.7. The molecule has 0 amide bonds. The van der Waals surface area contributed by atoms with Crippen LogP contribution in [0, 0.1) is 5.92 Å². The van der Waals surface area contributed by atoms with Gasteiger partial charge in [-0.3, -0.25) is 4.90 Å². The Kier molecular flexibility index (Phi) is 5.12. The monoisotopic (exact) mass is 281 g/mol. The van der Waals surface area contributed by atoms with Gasteiger partial charge in [0.25, 0.3) is 0 Å². The number of rotatable bonds is 5. The molecule has 0 radical (unpaired) electrons. The Morgan fingerprint density at radius 2 is 2.00 bits per heavy atom. The van der Waals surface area contributed by atoms with Crippen molar-refractivity contribution in [3.05, 3.63) is 28.8 Å². The second-order valence-electron chi connectivity index (χ2n) is 6.01. The molecule has 2 nitrogen and oxygen atoms in total. The van der Waals surface area contributed by atoms with Crippen LogP contribution in [0.5, 0.6) is 5.75 Å². The molecule has 106 valence electrons. The van der Waals surface area contributed by atoms with E-state index < -0.39 is 0 Å². The highest BCUT2D eigenvalue weighted by molar-refractivity contribution is 6.32. The number of hydrogen-bond acceptors (Lipinski definition) is 2. The first-order valence-electron chi connectivity index (χ1n) is 7.28. The van der Waals surface area contributed by atoms with E-state index in [1.807, 2.05) is 12.1 Å². The van der Waals surface area contributed by atoms with Crippen molar-refractivity contribution >= 4 is 11.6 Å². The van der Waals surface area contributed by atoms with Crippen molar-refractivity contribution in [1.82, 2.24) is 4.90 Å². The summed E-state index contributed by atoms with van der Waals surface area (Å²) in [5.74, 6) is 0.887. The number of benzene rings is 1. The first-order valence-corrected chi connectivity index (χ1v) is 7.66. The van der Waals surface area contributed by atoms with Crippen LogP contribution in [0.2, 0.25) is 5.02 Å². The lowest BCUT2D eigenvalue weighted by molar-refractivity contribution is 0.167. The Bertz CT molecular complexity index is 413. The van der Waals surface area contributed by atoms with Crippen LogP contribution in [-0.4, -0.2) is 22.6 Å². The molecule has 1 aromatic rings. The Morgan fingerprint density at radius 1 is 1.32 bits per heavy atom. The highest BCUT2D eigenvalue weighted by atomic mass is 35.5. The molecule has 3 heteroatoms. The van der Waals surface area contributed by atoms with Crippen LogP contribution in [0.15, 0.2) is 18.2 Å². The van der Waals surface area contributed by atoms with E-state index in [4.69, 9.17) is 11.6 Å². The molecule has 0 bridgehead atoms. The molecule has 0 saturated heterocycles. The van der Waals surface area contributed by atoms with Gasteiger partial charge in [-0.1, -0.05) is 50.4 Å². The summed E-state index contributed by atoms with van der Waals surface area (Å²) in [7, 11) is 0. The highest BCUT2D eigenvalue weighted by Gasteiger charge is 2.24. The standard InChI is InChI=1S/C16H24ClNO/c1-12(2)10-18(14-7-3-4-8-14)11-13-6-5-9-15(17)16(13)19/h5-6,9,12,14,19H,3-4,7-8,10-11H2,1-2H3. The molecule has 0 heterocycles. The zero-order valence-corrected chi connectivity index (χ0v) is 12.7. The van der Waals surface area contributed by atoms with Gasteiger partial charge in [0, 0.05) is 24.7 Å². The maximum atomic E-state index is 10.1. The summed E-state index contributed by atoms with van der Waals surface area (Å²) in [5, 5.41) is 10.5. The van der Waals surface area contributed by atoms with Gasteiger partial charge in [-0.2, -0.15) is 0 Å². The second kappa shape index (κ2) is 6.62. The second-order valence-corrected chi connectivity index (χ2v) is 6.42. The van der Waals surface area contributed by atoms with Crippen LogP contribution >= 0.6 is 11.6 Å². The zero-order chi connectivity index (χ0) is 13.8. The number of hydrogen-bond donors (Lipinski definition) is 1. The van der Waals surface area contributed by atoms with E-state index in [9.17, 15) is 5.11 Å². The maximum absolute atomic E-state index is 10.1. The van der Waals surface area contributed by atoms with Crippen molar-refractivity contribution in [3.8, 4) is 5.75 Å². The minimum absolute atomic E-state index is 0.246. The molecule has 0 unspecified atom stereocenters. The van der Waals surface area contributed by atoms with Crippen molar-refractivity contribution in [2.45, 2.75) is 52.1 Å². The van der Waals surface area contributed by atoms with Gasteiger partial charge in [0.05, 0.1) is 5.02 Å². The summed E-state index contributed by atoms with van der Waals surface area (Å²) in [4.78, 5) is 2.52. The molecule has 19 heavy (non-hydrogen) atoms. The Morgan fingerprint density at radius 3 is 2.63 bits per heavy atom. The molecule has 1 fully saturated rings. The maximum Gasteiger partial charge on any atom is 0.138 e. The summed E-state index contributed by atoms with van der Waals surface area (Å²) in [6.45, 7) is 6.38. The predicted molar refractivity (Wildman–Crippen MR) is 80.6 cm³/mol. The van der Waals surface area contributed by atoms with E-state index in [1.54, 1.807) is 6.07 Å². The van der Waals surface area contributed by atoms with Gasteiger partial charge < -0.3 is 5.11 Å². The van der Waals surface area contributed by atoms with Gasteiger partial charge in [0.2, 0.25) is 0 Å². The first kappa shape index (κ1) is 14.7. The SMILES string of the molecule is CC(C)CN(Cc1cccc(Cl)c1O)C1CCCC1. The van der Waals surface area contributed by atoms with Crippen LogP contribution in [-0.2, 0) is 6.54 Å². The fraction of sp³-hybridized carbons (Fsp3) is 0.625. The van der Waals surface area contributed by atoms with Gasteiger partial charge in [0.1, 0.15) is 5.75 Å². The number of halogens is 1. The molecule has 1 aliphatic carbocycles. The molecule has 1 aliphatic rings. The minimum Gasteiger partial charge on any atom is -0.506 e. The van der Waals surface area contributed by atoms with E-state index in [0.717, 1.165) is 18.7 Å². The fourth-order valence-electron chi connectivity index (χ4n) is 2.99. The molecular weight excluding hydrogens is 258 g/mol. The third-order valence-electron chi connectivity index (χ3n) is 3.88. The van der Waals surface area contributed by atoms with Crippen molar-refractivity contribution < 1.29 is 5.11 Å². The van der Waals surface area contributed by atoms with E-state index in [-0.39, 0.29) is 5.75 Å². The van der Waals surface area contributed by atoms with Gasteiger partial charge in [-0.05, 0) is 24.8 Å². The highest BCUT2D eigenvalue weighted by Crippen LogP contribution is 2.31. The van der Waals surface area contributed by atoms with Crippen molar-refractivity contribution in [3.63, 3.8) is 0 Å². The van der Waals surface area contributed by atoms with Gasteiger partial charge >= 0.3 is 0 Å². The van der Waals surface area contributed by atoms with Crippen molar-refractivity contribution in [2.24, 2.45) is 5.92 Å². The quantitative estimate of drug-likeness (QED) is 0.862. The van der Waals surface area contributed by atoms with Crippen LogP contribution in [0.25, 0.3) is 0 Å². The smallest absolute Gasteiger partial charge is 0.138 e. The van der Waals surface area contributed by atoms with E-state index in [0.29, 0.717) is 17.0 Å². The third kappa shape index (κ3) is 3.87. The van der Waals surface area contributed by atoms with Gasteiger partial charge in [-0.15, -0.1) is 0 Å². The van der Waals surface area contributed by atoms with E-state index in [2.05, 4.69) is 18.7 Å². The van der Waals surface area contributed by atoms with Crippen LogP contribution < -0.4 is 0 Å². The molecule has 0 aromatic heterocycles. The molecule has 1 saturated carbocycles. The molecule has 2 rings (SSSR count). The van der Waals surface area contributed by atoms with Crippen LogP contribution in [0.3, 0.4) is 0 Å². The Hall–Kier alpha value is -0.730. The lowest BCUT2D eigenvalue weighted by Crippen LogP contribution is -2.35. The minimum atomic E-state index is 0.246. The molecule has 1 aromatic carbocycles. The lowest BCUT2D eigenvalue weighted by atomic mass is 10.1. The topological polar surface area (TPSA) is 23.5 Å². The van der Waals surface area contributed by atoms with E-state index >= 15 is 0 Å². The largest absolute Gasteiger partial charge is 0.506 e. The predicted octanol–water partition coefficient (Wildman–Crippen LogP) is 4.45. The van der Waals surface area contributed by atoms with Gasteiger partial charge in [0.15, 0.2) is 0 Å². The summed E-state index contributed by atoms with van der Waals surface area (Å²) >= 11 is 5.99. The Balaban J connectivity index is 2.12. The van der Waals surface area contributed by atoms with Crippen molar-refractivity contribution in [2.75, 3.05) is 6.54 Å². The number of para-hydroxylation sites is 1. The lowest BCUT2D eigenvalue weighted by Gasteiger charge is -2.30. The van der Waals surface area contributed by atoms with E-state index in [1.165, 1.54) is 25.7 Å². The summed E-state index contributed by atoms with van der Waals surface area (Å²) < 4.78 is 0. The third-order valence-corrected chi connectivity index (χ3v) is 4.19. The number of phenols is 1. The summed E-state index contributed by atoms with van der Waals surface area (Å²) in [6.07, 6.45) is 5.24. The molecule has 1 N–H and O–H groups in total.